The molecule has 2 amide bonds. The zero-order valence-corrected chi connectivity index (χ0v) is 12.2. The van der Waals surface area contributed by atoms with Crippen LogP contribution >= 0.6 is 11.3 Å². The maximum Gasteiger partial charge on any atom is 0.262 e. The predicted octanol–water partition coefficient (Wildman–Crippen LogP) is 2.32. The molecule has 1 aromatic heterocycles. The lowest BCUT2D eigenvalue weighted by Gasteiger charge is -2.15. The molecule has 0 spiro atoms. The van der Waals surface area contributed by atoms with Gasteiger partial charge in [-0.3, -0.25) is 9.59 Å². The highest BCUT2D eigenvalue weighted by atomic mass is 32.1. The number of carbonyl (C=O) groups excluding carboxylic acids is 2. The molecule has 4 nitrogen and oxygen atoms in total. The second-order valence-electron chi connectivity index (χ2n) is 4.57. The summed E-state index contributed by atoms with van der Waals surface area (Å²) in [5, 5.41) is 2.69. The Bertz CT molecular complexity index is 615. The molecule has 2 rings (SSSR count). The van der Waals surface area contributed by atoms with Crippen LogP contribution < -0.4 is 11.1 Å². The van der Waals surface area contributed by atoms with Gasteiger partial charge in [-0.05, 0) is 31.0 Å². The summed E-state index contributed by atoms with van der Waals surface area (Å²) in [4.78, 5) is 25.4. The number of nitrogens with one attached hydrogen (secondary N) is 1. The van der Waals surface area contributed by atoms with E-state index in [4.69, 9.17) is 5.73 Å². The monoisotopic (exact) mass is 288 g/mol. The van der Waals surface area contributed by atoms with E-state index in [0.717, 1.165) is 10.4 Å². The van der Waals surface area contributed by atoms with Crippen molar-refractivity contribution in [1.29, 1.82) is 0 Å². The first-order valence-corrected chi connectivity index (χ1v) is 7.03. The van der Waals surface area contributed by atoms with Crippen molar-refractivity contribution in [2.24, 2.45) is 5.73 Å². The summed E-state index contributed by atoms with van der Waals surface area (Å²) in [6.07, 6.45) is 0. The van der Waals surface area contributed by atoms with E-state index in [2.05, 4.69) is 5.32 Å². The average molecular weight is 288 g/mol. The third-order valence-corrected chi connectivity index (χ3v) is 4.23. The van der Waals surface area contributed by atoms with Gasteiger partial charge in [-0.25, -0.2) is 0 Å². The first-order chi connectivity index (χ1) is 9.49. The number of thiophene rings is 1. The molecule has 0 fully saturated rings. The predicted molar refractivity (Wildman–Crippen MR) is 79.6 cm³/mol. The zero-order valence-electron chi connectivity index (χ0n) is 11.3. The second kappa shape index (κ2) is 5.88. The fourth-order valence-electron chi connectivity index (χ4n) is 1.85. The molecule has 0 aliphatic carbocycles. The minimum absolute atomic E-state index is 0.279. The van der Waals surface area contributed by atoms with E-state index >= 15 is 0 Å². The Morgan fingerprint density at radius 3 is 2.35 bits per heavy atom. The minimum Gasteiger partial charge on any atom is -0.368 e. The number of rotatable bonds is 4. The van der Waals surface area contributed by atoms with Gasteiger partial charge < -0.3 is 11.1 Å². The Morgan fingerprint density at radius 2 is 1.85 bits per heavy atom. The van der Waals surface area contributed by atoms with E-state index in [1.165, 1.54) is 11.3 Å². The van der Waals surface area contributed by atoms with Gasteiger partial charge in [-0.15, -0.1) is 11.3 Å². The van der Waals surface area contributed by atoms with Crippen LogP contribution in [-0.4, -0.2) is 11.8 Å². The Labute approximate surface area is 121 Å². The van der Waals surface area contributed by atoms with Gasteiger partial charge in [0.05, 0.1) is 4.88 Å². The van der Waals surface area contributed by atoms with E-state index in [9.17, 15) is 9.59 Å². The zero-order chi connectivity index (χ0) is 14.7. The van der Waals surface area contributed by atoms with E-state index in [1.54, 1.807) is 24.3 Å². The molecule has 0 saturated heterocycles. The summed E-state index contributed by atoms with van der Waals surface area (Å²) in [5.41, 5.74) is 7.12. The molecule has 0 saturated carbocycles. The lowest BCUT2D eigenvalue weighted by molar-refractivity contribution is -0.120. The molecule has 1 atom stereocenters. The van der Waals surface area contributed by atoms with Gasteiger partial charge in [0.2, 0.25) is 5.91 Å². The SMILES string of the molecule is Cc1cc(C(=O)NC(C(N)=O)c2ccccc2)sc1C. The van der Waals surface area contributed by atoms with Gasteiger partial charge in [0.1, 0.15) is 6.04 Å². The topological polar surface area (TPSA) is 72.2 Å². The maximum absolute atomic E-state index is 12.2. The lowest BCUT2D eigenvalue weighted by Crippen LogP contribution is -2.37. The van der Waals surface area contributed by atoms with Crippen LogP contribution in [-0.2, 0) is 4.79 Å². The van der Waals surface area contributed by atoms with Gasteiger partial charge in [-0.2, -0.15) is 0 Å². The normalized spacial score (nSPS) is 11.9. The molecule has 0 aliphatic heterocycles. The molecule has 1 unspecified atom stereocenters. The average Bonchev–Trinajstić information content (AvgIpc) is 2.76. The number of hydrogen-bond donors (Lipinski definition) is 2. The fraction of sp³-hybridized carbons (Fsp3) is 0.200. The van der Waals surface area contributed by atoms with Crippen LogP contribution in [0.5, 0.6) is 0 Å². The van der Waals surface area contributed by atoms with Gasteiger partial charge in [0.15, 0.2) is 0 Å². The number of primary amides is 1. The molecule has 0 bridgehead atoms. The molecule has 0 radical (unpaired) electrons. The molecular weight excluding hydrogens is 272 g/mol. The molecule has 2 aromatic rings. The number of carbonyl (C=O) groups is 2. The van der Waals surface area contributed by atoms with Gasteiger partial charge in [0.25, 0.3) is 5.91 Å². The summed E-state index contributed by atoms with van der Waals surface area (Å²) in [6, 6.07) is 9.98. The first kappa shape index (κ1) is 14.3. The molecule has 3 N–H and O–H groups in total. The smallest absolute Gasteiger partial charge is 0.262 e. The summed E-state index contributed by atoms with van der Waals surface area (Å²) in [7, 11) is 0. The standard InChI is InChI=1S/C15H16N2O2S/c1-9-8-12(20-10(9)2)15(19)17-13(14(16)18)11-6-4-3-5-7-11/h3-8,13H,1-2H3,(H2,16,18)(H,17,19). The molecule has 0 aliphatic rings. The first-order valence-electron chi connectivity index (χ1n) is 6.21. The van der Waals surface area contributed by atoms with Crippen molar-refractivity contribution >= 4 is 23.2 Å². The van der Waals surface area contributed by atoms with Crippen LogP contribution in [0.25, 0.3) is 0 Å². The number of amides is 2. The summed E-state index contributed by atoms with van der Waals surface area (Å²) in [6.45, 7) is 3.91. The van der Waals surface area contributed by atoms with Crippen molar-refractivity contribution in [2.45, 2.75) is 19.9 Å². The van der Waals surface area contributed by atoms with Crippen LogP contribution in [0.2, 0.25) is 0 Å². The van der Waals surface area contributed by atoms with E-state index in [-0.39, 0.29) is 5.91 Å². The van der Waals surface area contributed by atoms with Gasteiger partial charge >= 0.3 is 0 Å². The summed E-state index contributed by atoms with van der Waals surface area (Å²) >= 11 is 1.41. The number of nitrogens with two attached hydrogens (primary N) is 1. The molecule has 104 valence electrons. The van der Waals surface area contributed by atoms with Crippen LogP contribution in [0.3, 0.4) is 0 Å². The Hall–Kier alpha value is -2.14. The van der Waals surface area contributed by atoms with Crippen LogP contribution in [0, 0.1) is 13.8 Å². The summed E-state index contributed by atoms with van der Waals surface area (Å²) < 4.78 is 0. The Morgan fingerprint density at radius 1 is 1.20 bits per heavy atom. The van der Waals surface area contributed by atoms with Crippen molar-refractivity contribution in [3.05, 3.63) is 57.3 Å². The highest BCUT2D eigenvalue weighted by molar-refractivity contribution is 7.14. The molecule has 20 heavy (non-hydrogen) atoms. The van der Waals surface area contributed by atoms with Crippen molar-refractivity contribution in [2.75, 3.05) is 0 Å². The van der Waals surface area contributed by atoms with Crippen LogP contribution in [0.1, 0.15) is 31.7 Å². The van der Waals surface area contributed by atoms with Gasteiger partial charge in [-0.1, -0.05) is 30.3 Å². The third kappa shape index (κ3) is 3.05. The van der Waals surface area contributed by atoms with Gasteiger partial charge in [0, 0.05) is 4.88 Å². The largest absolute Gasteiger partial charge is 0.368 e. The number of aryl methyl sites for hydroxylation is 2. The van der Waals surface area contributed by atoms with Crippen molar-refractivity contribution in [3.63, 3.8) is 0 Å². The van der Waals surface area contributed by atoms with E-state index in [1.807, 2.05) is 26.0 Å². The molecule has 5 heteroatoms. The summed E-state index contributed by atoms with van der Waals surface area (Å²) in [5.74, 6) is -0.853. The van der Waals surface area contributed by atoms with E-state index in [0.29, 0.717) is 10.4 Å². The fourth-order valence-corrected chi connectivity index (χ4v) is 2.79. The lowest BCUT2D eigenvalue weighted by atomic mass is 10.1. The molecule has 1 heterocycles. The highest BCUT2D eigenvalue weighted by Gasteiger charge is 2.21. The van der Waals surface area contributed by atoms with Crippen molar-refractivity contribution in [3.8, 4) is 0 Å². The quantitative estimate of drug-likeness (QED) is 0.906. The number of benzene rings is 1. The van der Waals surface area contributed by atoms with Crippen molar-refractivity contribution in [1.82, 2.24) is 5.32 Å². The number of hydrogen-bond acceptors (Lipinski definition) is 3. The third-order valence-electron chi connectivity index (χ3n) is 3.08. The van der Waals surface area contributed by atoms with E-state index < -0.39 is 11.9 Å². The highest BCUT2D eigenvalue weighted by Crippen LogP contribution is 2.21. The Kier molecular flexibility index (Phi) is 4.20. The second-order valence-corrected chi connectivity index (χ2v) is 5.83. The van der Waals surface area contributed by atoms with Crippen molar-refractivity contribution < 1.29 is 9.59 Å². The minimum atomic E-state index is -0.814. The van der Waals surface area contributed by atoms with Crippen LogP contribution in [0.4, 0.5) is 0 Å². The molecule has 1 aromatic carbocycles. The van der Waals surface area contributed by atoms with Crippen LogP contribution in [0.15, 0.2) is 36.4 Å². The molecular formula is C15H16N2O2S. The Balaban J connectivity index is 2.21. The maximum atomic E-state index is 12.2.